The highest BCUT2D eigenvalue weighted by Gasteiger charge is 2.22. The summed E-state index contributed by atoms with van der Waals surface area (Å²) in [6, 6.07) is 13.2. The van der Waals surface area contributed by atoms with Crippen molar-refractivity contribution in [1.82, 2.24) is 0 Å². The average Bonchev–Trinajstić information content (AvgIpc) is 2.79. The molecular weight excluding hydrogens is 368 g/mol. The van der Waals surface area contributed by atoms with Gasteiger partial charge in [0, 0.05) is 24.0 Å². The third-order valence-corrected chi connectivity index (χ3v) is 7.35. The Labute approximate surface area is 181 Å². The van der Waals surface area contributed by atoms with Crippen LogP contribution in [-0.2, 0) is 0 Å². The Balaban J connectivity index is 1.71. The molecular formula is C27H36N2O. The lowest BCUT2D eigenvalue weighted by molar-refractivity contribution is 0.1000. The Hall–Kier alpha value is -2.29. The molecule has 3 heteroatoms. The van der Waals surface area contributed by atoms with Gasteiger partial charge in [0.15, 0.2) is 0 Å². The first-order valence-electron chi connectivity index (χ1n) is 11.8. The van der Waals surface area contributed by atoms with Gasteiger partial charge >= 0.3 is 0 Å². The van der Waals surface area contributed by atoms with Crippen LogP contribution in [-0.4, -0.2) is 13.0 Å². The van der Waals surface area contributed by atoms with Crippen molar-refractivity contribution in [3.05, 3.63) is 58.7 Å². The van der Waals surface area contributed by atoms with Crippen molar-refractivity contribution in [3.63, 3.8) is 0 Å². The summed E-state index contributed by atoms with van der Waals surface area (Å²) in [5.41, 5.74) is 12.6. The quantitative estimate of drug-likeness (QED) is 0.585. The zero-order valence-electron chi connectivity index (χ0n) is 18.6. The molecule has 1 amide bonds. The third-order valence-electron chi connectivity index (χ3n) is 7.35. The maximum Gasteiger partial charge on any atom is 0.248 e. The van der Waals surface area contributed by atoms with Crippen molar-refractivity contribution < 1.29 is 4.79 Å². The first-order valence-corrected chi connectivity index (χ1v) is 11.8. The molecule has 2 aliphatic rings. The molecule has 2 fully saturated rings. The van der Waals surface area contributed by atoms with Crippen LogP contribution in [0.15, 0.2) is 36.4 Å². The summed E-state index contributed by atoms with van der Waals surface area (Å²) in [5.74, 6) is 1.03. The van der Waals surface area contributed by atoms with Crippen LogP contribution in [0, 0.1) is 6.92 Å². The number of nitrogens with two attached hydrogens (primary N) is 1. The molecule has 0 heterocycles. The van der Waals surface area contributed by atoms with E-state index < -0.39 is 0 Å². The van der Waals surface area contributed by atoms with E-state index in [4.69, 9.17) is 5.73 Å². The van der Waals surface area contributed by atoms with E-state index in [2.05, 4.69) is 37.1 Å². The summed E-state index contributed by atoms with van der Waals surface area (Å²) in [5, 5.41) is 0. The minimum Gasteiger partial charge on any atom is -0.366 e. The van der Waals surface area contributed by atoms with E-state index in [-0.39, 0.29) is 5.91 Å². The van der Waals surface area contributed by atoms with Crippen LogP contribution in [0.5, 0.6) is 0 Å². The summed E-state index contributed by atoms with van der Waals surface area (Å²) in [6.07, 6.45) is 13.5. The fourth-order valence-corrected chi connectivity index (χ4v) is 5.52. The van der Waals surface area contributed by atoms with E-state index in [1.165, 1.54) is 81.0 Å². The van der Waals surface area contributed by atoms with Crippen LogP contribution < -0.4 is 10.6 Å². The molecule has 0 radical (unpaired) electrons. The van der Waals surface area contributed by atoms with Crippen LogP contribution in [0.2, 0.25) is 0 Å². The van der Waals surface area contributed by atoms with Gasteiger partial charge in [-0.2, -0.15) is 0 Å². The Kier molecular flexibility index (Phi) is 6.46. The van der Waals surface area contributed by atoms with Crippen molar-refractivity contribution in [3.8, 4) is 0 Å². The first-order chi connectivity index (χ1) is 14.5. The fourth-order valence-electron chi connectivity index (χ4n) is 5.52. The van der Waals surface area contributed by atoms with E-state index >= 15 is 0 Å². The molecule has 2 saturated carbocycles. The predicted molar refractivity (Wildman–Crippen MR) is 126 cm³/mol. The standard InChI is InChI=1S/C27H36N2O/c1-19-15-22(27(28)30)13-14-26(19)29(2)25-17-23(20-9-5-3-6-10-20)16-24(18-25)21-11-7-4-8-12-21/h13-18,20-21H,3-12H2,1-2H3,(H2,28,30). The highest BCUT2D eigenvalue weighted by atomic mass is 16.1. The molecule has 2 aromatic rings. The van der Waals surface area contributed by atoms with Gasteiger partial charge in [0.1, 0.15) is 0 Å². The van der Waals surface area contributed by atoms with E-state index in [0.717, 1.165) is 11.3 Å². The number of rotatable bonds is 5. The third kappa shape index (κ3) is 4.55. The Morgan fingerprint density at radius 2 is 1.37 bits per heavy atom. The maximum absolute atomic E-state index is 11.6. The van der Waals surface area contributed by atoms with Crippen LogP contribution in [0.1, 0.15) is 103 Å². The Morgan fingerprint density at radius 3 is 1.83 bits per heavy atom. The highest BCUT2D eigenvalue weighted by molar-refractivity contribution is 5.93. The van der Waals surface area contributed by atoms with Gasteiger partial charge in [-0.3, -0.25) is 4.79 Å². The molecule has 0 bridgehead atoms. The number of carbonyl (C=O) groups excluding carboxylic acids is 1. The van der Waals surface area contributed by atoms with Crippen molar-refractivity contribution in [2.45, 2.75) is 83.0 Å². The second kappa shape index (κ2) is 9.24. The van der Waals surface area contributed by atoms with Crippen LogP contribution in [0.4, 0.5) is 11.4 Å². The Bertz CT molecular complexity index is 855. The molecule has 0 aromatic heterocycles. The van der Waals surface area contributed by atoms with Crippen molar-refractivity contribution in [2.75, 3.05) is 11.9 Å². The monoisotopic (exact) mass is 404 g/mol. The lowest BCUT2D eigenvalue weighted by Crippen LogP contribution is -2.16. The molecule has 0 atom stereocenters. The molecule has 30 heavy (non-hydrogen) atoms. The zero-order chi connectivity index (χ0) is 21.1. The van der Waals surface area contributed by atoms with E-state index in [1.54, 1.807) is 0 Å². The zero-order valence-corrected chi connectivity index (χ0v) is 18.6. The van der Waals surface area contributed by atoms with Crippen molar-refractivity contribution in [2.24, 2.45) is 5.73 Å². The molecule has 0 unspecified atom stereocenters. The average molecular weight is 405 g/mol. The van der Waals surface area contributed by atoms with Crippen molar-refractivity contribution >= 4 is 17.3 Å². The SMILES string of the molecule is Cc1cc(C(N)=O)ccc1N(C)c1cc(C2CCCCC2)cc(C2CCCCC2)c1. The molecule has 3 nitrogen and oxygen atoms in total. The van der Waals surface area contributed by atoms with Gasteiger partial charge in [-0.1, -0.05) is 44.6 Å². The van der Waals surface area contributed by atoms with Gasteiger partial charge < -0.3 is 10.6 Å². The number of carbonyl (C=O) groups is 1. The molecule has 2 N–H and O–H groups in total. The van der Waals surface area contributed by atoms with Crippen LogP contribution in [0.3, 0.4) is 0 Å². The first kappa shape index (κ1) is 21.0. The van der Waals surface area contributed by atoms with Gasteiger partial charge in [0.25, 0.3) is 0 Å². The summed E-state index contributed by atoms with van der Waals surface area (Å²) in [4.78, 5) is 13.8. The van der Waals surface area contributed by atoms with Gasteiger partial charge in [-0.25, -0.2) is 0 Å². The second-order valence-electron chi connectivity index (χ2n) is 9.45. The van der Waals surface area contributed by atoms with Gasteiger partial charge in [-0.15, -0.1) is 0 Å². The van der Waals surface area contributed by atoms with Crippen LogP contribution >= 0.6 is 0 Å². The number of amides is 1. The molecule has 2 aromatic carbocycles. The van der Waals surface area contributed by atoms with E-state index in [1.807, 2.05) is 18.2 Å². The number of anilines is 2. The number of primary amides is 1. The smallest absolute Gasteiger partial charge is 0.248 e. The molecule has 0 spiro atoms. The number of hydrogen-bond acceptors (Lipinski definition) is 2. The molecule has 4 rings (SSSR count). The summed E-state index contributed by atoms with van der Waals surface area (Å²) < 4.78 is 0. The Morgan fingerprint density at radius 1 is 0.833 bits per heavy atom. The van der Waals surface area contributed by atoms with Gasteiger partial charge in [-0.05, 0) is 91.5 Å². The second-order valence-corrected chi connectivity index (χ2v) is 9.45. The minimum atomic E-state index is -0.369. The number of aryl methyl sites for hydroxylation is 1. The molecule has 2 aliphatic carbocycles. The summed E-state index contributed by atoms with van der Waals surface area (Å²) >= 11 is 0. The number of benzene rings is 2. The molecule has 0 aliphatic heterocycles. The summed E-state index contributed by atoms with van der Waals surface area (Å²) in [7, 11) is 2.15. The minimum absolute atomic E-state index is 0.369. The highest BCUT2D eigenvalue weighted by Crippen LogP contribution is 2.40. The molecule has 160 valence electrons. The van der Waals surface area contributed by atoms with Crippen molar-refractivity contribution in [1.29, 1.82) is 0 Å². The summed E-state index contributed by atoms with van der Waals surface area (Å²) in [6.45, 7) is 2.06. The largest absolute Gasteiger partial charge is 0.366 e. The fraction of sp³-hybridized carbons (Fsp3) is 0.519. The number of hydrogen-bond donors (Lipinski definition) is 1. The lowest BCUT2D eigenvalue weighted by atomic mass is 9.79. The van der Waals surface area contributed by atoms with E-state index in [9.17, 15) is 4.79 Å². The normalized spacial score (nSPS) is 18.3. The predicted octanol–water partition coefficient (Wildman–Crippen LogP) is 6.96. The van der Waals surface area contributed by atoms with Gasteiger partial charge in [0.2, 0.25) is 5.91 Å². The van der Waals surface area contributed by atoms with E-state index in [0.29, 0.717) is 17.4 Å². The number of nitrogens with zero attached hydrogens (tertiary/aromatic N) is 1. The maximum atomic E-state index is 11.6. The van der Waals surface area contributed by atoms with Crippen LogP contribution in [0.25, 0.3) is 0 Å². The topological polar surface area (TPSA) is 46.3 Å². The lowest BCUT2D eigenvalue weighted by Gasteiger charge is -2.29. The van der Waals surface area contributed by atoms with Gasteiger partial charge in [0.05, 0.1) is 0 Å². The molecule has 0 saturated heterocycles.